The molecule has 1 unspecified atom stereocenters. The molecule has 15 heavy (non-hydrogen) atoms. The van der Waals surface area contributed by atoms with E-state index in [-0.39, 0.29) is 12.1 Å². The number of allylic oxidation sites excluding steroid dienone is 1. The van der Waals surface area contributed by atoms with Crippen molar-refractivity contribution in [1.29, 1.82) is 0 Å². The Bertz CT molecular complexity index is 220. The van der Waals surface area contributed by atoms with E-state index < -0.39 is 0 Å². The van der Waals surface area contributed by atoms with Gasteiger partial charge in [0, 0.05) is 13.3 Å². The fraction of sp³-hybridized carbons (Fsp3) is 0.750. The van der Waals surface area contributed by atoms with Gasteiger partial charge >= 0.3 is 5.97 Å². The van der Waals surface area contributed by atoms with Gasteiger partial charge in [-0.1, -0.05) is 12.2 Å². The maximum Gasteiger partial charge on any atom is 0.302 e. The van der Waals surface area contributed by atoms with E-state index in [1.165, 1.54) is 6.92 Å². The van der Waals surface area contributed by atoms with E-state index >= 15 is 0 Å². The van der Waals surface area contributed by atoms with Gasteiger partial charge in [0.1, 0.15) is 6.10 Å². The SMILES string of the molecule is CC=CCC(OC(C)=O)C1CCNCC1. The highest BCUT2D eigenvalue weighted by Gasteiger charge is 2.24. The van der Waals surface area contributed by atoms with E-state index in [0.717, 1.165) is 32.4 Å². The van der Waals surface area contributed by atoms with Crippen LogP contribution in [0.25, 0.3) is 0 Å². The van der Waals surface area contributed by atoms with E-state index in [9.17, 15) is 4.79 Å². The molecule has 1 saturated heterocycles. The van der Waals surface area contributed by atoms with Gasteiger partial charge in [0.25, 0.3) is 0 Å². The highest BCUT2D eigenvalue weighted by molar-refractivity contribution is 5.66. The van der Waals surface area contributed by atoms with Gasteiger partial charge in [-0.05, 0) is 38.8 Å². The molecule has 0 aliphatic carbocycles. The summed E-state index contributed by atoms with van der Waals surface area (Å²) < 4.78 is 5.37. The predicted molar refractivity (Wildman–Crippen MR) is 60.6 cm³/mol. The second kappa shape index (κ2) is 6.62. The largest absolute Gasteiger partial charge is 0.462 e. The number of piperidine rings is 1. The molecule has 0 saturated carbocycles. The zero-order valence-electron chi connectivity index (χ0n) is 9.66. The molecule has 1 aliphatic heterocycles. The van der Waals surface area contributed by atoms with Gasteiger partial charge in [0.15, 0.2) is 0 Å². The van der Waals surface area contributed by atoms with Crippen LogP contribution in [0.5, 0.6) is 0 Å². The number of ether oxygens (including phenoxy) is 1. The molecule has 1 fully saturated rings. The van der Waals surface area contributed by atoms with Crippen LogP contribution in [-0.4, -0.2) is 25.2 Å². The average Bonchev–Trinajstić information content (AvgIpc) is 2.25. The Kier molecular flexibility index (Phi) is 5.40. The van der Waals surface area contributed by atoms with Crippen molar-refractivity contribution in [2.75, 3.05) is 13.1 Å². The summed E-state index contributed by atoms with van der Waals surface area (Å²) in [6, 6.07) is 0. The summed E-state index contributed by atoms with van der Waals surface area (Å²) in [5.74, 6) is 0.356. The lowest BCUT2D eigenvalue weighted by atomic mass is 9.90. The predicted octanol–water partition coefficient (Wildman–Crippen LogP) is 1.88. The molecular formula is C12H21NO2. The number of esters is 1. The van der Waals surface area contributed by atoms with E-state index in [1.54, 1.807) is 0 Å². The minimum atomic E-state index is -0.164. The Hall–Kier alpha value is -0.830. The summed E-state index contributed by atoms with van der Waals surface area (Å²) in [4.78, 5) is 11.0. The highest BCUT2D eigenvalue weighted by atomic mass is 16.5. The molecule has 0 amide bonds. The number of carbonyl (C=O) groups excluding carboxylic acids is 1. The van der Waals surface area contributed by atoms with Crippen molar-refractivity contribution < 1.29 is 9.53 Å². The Morgan fingerprint density at radius 1 is 1.53 bits per heavy atom. The Morgan fingerprint density at radius 2 is 2.20 bits per heavy atom. The number of hydrogen-bond donors (Lipinski definition) is 1. The monoisotopic (exact) mass is 211 g/mol. The van der Waals surface area contributed by atoms with Crippen LogP contribution in [0.2, 0.25) is 0 Å². The first-order chi connectivity index (χ1) is 7.24. The molecule has 0 spiro atoms. The number of carbonyl (C=O) groups is 1. The molecule has 0 bridgehead atoms. The zero-order valence-corrected chi connectivity index (χ0v) is 9.66. The summed E-state index contributed by atoms with van der Waals surface area (Å²) in [5, 5.41) is 3.32. The van der Waals surface area contributed by atoms with Crippen LogP contribution in [0, 0.1) is 5.92 Å². The van der Waals surface area contributed by atoms with Crippen molar-refractivity contribution in [3.63, 3.8) is 0 Å². The molecule has 3 nitrogen and oxygen atoms in total. The van der Waals surface area contributed by atoms with Gasteiger partial charge in [-0.25, -0.2) is 0 Å². The first kappa shape index (κ1) is 12.2. The summed E-state index contributed by atoms with van der Waals surface area (Å²) in [6.07, 6.45) is 7.22. The molecule has 3 heteroatoms. The molecule has 0 aromatic rings. The van der Waals surface area contributed by atoms with Gasteiger partial charge in [-0.3, -0.25) is 4.79 Å². The van der Waals surface area contributed by atoms with Gasteiger partial charge in [-0.15, -0.1) is 0 Å². The van der Waals surface area contributed by atoms with Crippen LogP contribution in [0.1, 0.15) is 33.1 Å². The molecule has 0 aromatic carbocycles. The lowest BCUT2D eigenvalue weighted by Crippen LogP contribution is -2.35. The molecule has 0 aromatic heterocycles. The van der Waals surface area contributed by atoms with Crippen molar-refractivity contribution in [1.82, 2.24) is 5.32 Å². The minimum Gasteiger partial charge on any atom is -0.462 e. The third kappa shape index (κ3) is 4.47. The third-order valence-electron chi connectivity index (χ3n) is 2.83. The number of hydrogen-bond acceptors (Lipinski definition) is 3. The summed E-state index contributed by atoms with van der Waals surface area (Å²) in [7, 11) is 0. The summed E-state index contributed by atoms with van der Waals surface area (Å²) in [6.45, 7) is 5.56. The quantitative estimate of drug-likeness (QED) is 0.570. The van der Waals surface area contributed by atoms with Gasteiger partial charge in [0.2, 0.25) is 0 Å². The molecule has 1 heterocycles. The second-order valence-corrected chi connectivity index (χ2v) is 4.04. The molecule has 1 rings (SSSR count). The van der Waals surface area contributed by atoms with Crippen molar-refractivity contribution in [3.05, 3.63) is 12.2 Å². The normalized spacial score (nSPS) is 20.4. The molecule has 0 radical (unpaired) electrons. The molecular weight excluding hydrogens is 190 g/mol. The first-order valence-corrected chi connectivity index (χ1v) is 5.73. The third-order valence-corrected chi connectivity index (χ3v) is 2.83. The Labute approximate surface area is 91.9 Å². The molecule has 1 atom stereocenters. The summed E-state index contributed by atoms with van der Waals surface area (Å²) in [5.41, 5.74) is 0. The van der Waals surface area contributed by atoms with Crippen LogP contribution in [0.15, 0.2) is 12.2 Å². The fourth-order valence-electron chi connectivity index (χ4n) is 2.04. The lowest BCUT2D eigenvalue weighted by Gasteiger charge is -2.29. The minimum absolute atomic E-state index is 0.0702. The van der Waals surface area contributed by atoms with Crippen LogP contribution in [-0.2, 0) is 9.53 Å². The van der Waals surface area contributed by atoms with Crippen molar-refractivity contribution >= 4 is 5.97 Å². The van der Waals surface area contributed by atoms with Crippen molar-refractivity contribution in [3.8, 4) is 0 Å². The lowest BCUT2D eigenvalue weighted by molar-refractivity contribution is -0.149. The smallest absolute Gasteiger partial charge is 0.302 e. The number of rotatable bonds is 4. The van der Waals surface area contributed by atoms with Gasteiger partial charge in [-0.2, -0.15) is 0 Å². The topological polar surface area (TPSA) is 38.3 Å². The first-order valence-electron chi connectivity index (χ1n) is 5.73. The van der Waals surface area contributed by atoms with Crippen molar-refractivity contribution in [2.24, 2.45) is 5.92 Å². The van der Waals surface area contributed by atoms with E-state index in [1.807, 2.05) is 13.0 Å². The van der Waals surface area contributed by atoms with Crippen LogP contribution in [0.4, 0.5) is 0 Å². The second-order valence-electron chi connectivity index (χ2n) is 4.04. The standard InChI is InChI=1S/C12H21NO2/c1-3-4-5-12(15-10(2)14)11-6-8-13-9-7-11/h3-4,11-13H,5-9H2,1-2H3. The highest BCUT2D eigenvalue weighted by Crippen LogP contribution is 2.22. The molecule has 86 valence electrons. The summed E-state index contributed by atoms with van der Waals surface area (Å²) >= 11 is 0. The average molecular weight is 211 g/mol. The van der Waals surface area contributed by atoms with Crippen LogP contribution >= 0.6 is 0 Å². The van der Waals surface area contributed by atoms with Gasteiger partial charge < -0.3 is 10.1 Å². The fourth-order valence-corrected chi connectivity index (χ4v) is 2.04. The zero-order chi connectivity index (χ0) is 11.1. The van der Waals surface area contributed by atoms with Gasteiger partial charge in [0.05, 0.1) is 0 Å². The van der Waals surface area contributed by atoms with E-state index in [0.29, 0.717) is 5.92 Å². The van der Waals surface area contributed by atoms with Crippen LogP contribution in [0.3, 0.4) is 0 Å². The van der Waals surface area contributed by atoms with Crippen molar-refractivity contribution in [2.45, 2.75) is 39.2 Å². The number of nitrogens with one attached hydrogen (secondary N) is 1. The molecule has 1 aliphatic rings. The van der Waals surface area contributed by atoms with E-state index in [4.69, 9.17) is 4.74 Å². The van der Waals surface area contributed by atoms with E-state index in [2.05, 4.69) is 11.4 Å². The Morgan fingerprint density at radius 3 is 2.73 bits per heavy atom. The molecule has 1 N–H and O–H groups in total. The van der Waals surface area contributed by atoms with Crippen LogP contribution < -0.4 is 5.32 Å². The Balaban J connectivity index is 2.48. The maximum absolute atomic E-state index is 11.0. The maximum atomic E-state index is 11.0.